The Hall–Kier alpha value is -2.11. The first-order valence-electron chi connectivity index (χ1n) is 7.98. The van der Waals surface area contributed by atoms with Crippen LogP contribution in [0.5, 0.6) is 0 Å². The van der Waals surface area contributed by atoms with E-state index in [4.69, 9.17) is 16.3 Å². The van der Waals surface area contributed by atoms with Crippen molar-refractivity contribution in [3.63, 3.8) is 0 Å². The SMILES string of the molecule is Cn1cc(C2(C)CN(c3cc4ccccc4c(Cl)n3)CCO2)cn1. The molecule has 5 nitrogen and oxygen atoms in total. The Morgan fingerprint density at radius 1 is 1.29 bits per heavy atom. The van der Waals surface area contributed by atoms with E-state index >= 15 is 0 Å². The Bertz CT molecular complexity index is 894. The van der Waals surface area contributed by atoms with Crippen molar-refractivity contribution in [1.29, 1.82) is 0 Å². The lowest BCUT2D eigenvalue weighted by Crippen LogP contribution is -2.48. The van der Waals surface area contributed by atoms with E-state index in [1.165, 1.54) is 0 Å². The van der Waals surface area contributed by atoms with E-state index in [0.29, 0.717) is 18.3 Å². The summed E-state index contributed by atoms with van der Waals surface area (Å²) in [5, 5.41) is 6.89. The highest BCUT2D eigenvalue weighted by Crippen LogP contribution is 2.33. The van der Waals surface area contributed by atoms with Gasteiger partial charge in [0.05, 0.1) is 19.3 Å². The van der Waals surface area contributed by atoms with Gasteiger partial charge in [0.1, 0.15) is 16.6 Å². The topological polar surface area (TPSA) is 43.2 Å². The van der Waals surface area contributed by atoms with Crippen LogP contribution >= 0.6 is 11.6 Å². The van der Waals surface area contributed by atoms with Crippen LogP contribution in [0.2, 0.25) is 5.15 Å². The second-order valence-corrected chi connectivity index (χ2v) is 6.75. The fraction of sp³-hybridized carbons (Fsp3) is 0.333. The summed E-state index contributed by atoms with van der Waals surface area (Å²) < 4.78 is 7.88. The summed E-state index contributed by atoms with van der Waals surface area (Å²) in [7, 11) is 1.91. The van der Waals surface area contributed by atoms with Crippen LogP contribution in [0.15, 0.2) is 42.7 Å². The molecule has 0 radical (unpaired) electrons. The van der Waals surface area contributed by atoms with E-state index in [1.807, 2.05) is 37.6 Å². The molecule has 124 valence electrons. The molecule has 4 rings (SSSR count). The summed E-state index contributed by atoms with van der Waals surface area (Å²) in [5.74, 6) is 0.886. The number of fused-ring (bicyclic) bond motifs is 1. The molecule has 1 aliphatic heterocycles. The number of ether oxygens (including phenoxy) is 1. The van der Waals surface area contributed by atoms with Gasteiger partial charge >= 0.3 is 0 Å². The number of rotatable bonds is 2. The summed E-state index contributed by atoms with van der Waals surface area (Å²) in [5.41, 5.74) is 0.661. The molecule has 0 bridgehead atoms. The first kappa shape index (κ1) is 15.4. The largest absolute Gasteiger partial charge is 0.367 e. The third-order valence-electron chi connectivity index (χ3n) is 4.59. The number of aromatic nitrogens is 3. The molecule has 3 heterocycles. The second-order valence-electron chi connectivity index (χ2n) is 6.40. The molecule has 1 unspecified atom stereocenters. The fourth-order valence-corrected chi connectivity index (χ4v) is 3.50. The summed E-state index contributed by atoms with van der Waals surface area (Å²) in [6.07, 6.45) is 3.87. The smallest absolute Gasteiger partial charge is 0.139 e. The minimum atomic E-state index is -0.410. The molecule has 0 amide bonds. The van der Waals surface area contributed by atoms with Crippen LogP contribution in [0.4, 0.5) is 5.82 Å². The number of halogens is 1. The van der Waals surface area contributed by atoms with Crippen molar-refractivity contribution < 1.29 is 4.74 Å². The summed E-state index contributed by atoms with van der Waals surface area (Å²) >= 11 is 6.39. The number of hydrogen-bond donors (Lipinski definition) is 0. The highest BCUT2D eigenvalue weighted by atomic mass is 35.5. The van der Waals surface area contributed by atoms with Gasteiger partial charge in [0.25, 0.3) is 0 Å². The number of aryl methyl sites for hydroxylation is 1. The van der Waals surface area contributed by atoms with Crippen molar-refractivity contribution in [2.24, 2.45) is 7.05 Å². The lowest BCUT2D eigenvalue weighted by atomic mass is 9.97. The predicted octanol–water partition coefficient (Wildman–Crippen LogP) is 3.37. The van der Waals surface area contributed by atoms with Crippen LogP contribution in [0.1, 0.15) is 12.5 Å². The van der Waals surface area contributed by atoms with Crippen molar-refractivity contribution in [2.75, 3.05) is 24.6 Å². The molecule has 2 aromatic heterocycles. The molecule has 1 fully saturated rings. The molecule has 6 heteroatoms. The molecular formula is C18H19ClN4O. The van der Waals surface area contributed by atoms with Gasteiger partial charge in [-0.25, -0.2) is 4.98 Å². The normalized spacial score (nSPS) is 21.4. The van der Waals surface area contributed by atoms with Gasteiger partial charge in [0.2, 0.25) is 0 Å². The second kappa shape index (κ2) is 5.76. The van der Waals surface area contributed by atoms with Gasteiger partial charge in [-0.2, -0.15) is 5.10 Å². The van der Waals surface area contributed by atoms with E-state index in [0.717, 1.165) is 28.7 Å². The molecule has 24 heavy (non-hydrogen) atoms. The molecule has 1 saturated heterocycles. The Kier molecular flexibility index (Phi) is 3.70. The average molecular weight is 343 g/mol. The summed E-state index contributed by atoms with van der Waals surface area (Å²) in [4.78, 5) is 6.84. The molecular weight excluding hydrogens is 324 g/mol. The number of morpholine rings is 1. The molecule has 1 atom stereocenters. The average Bonchev–Trinajstić information content (AvgIpc) is 3.02. The number of anilines is 1. The monoisotopic (exact) mass is 342 g/mol. The Morgan fingerprint density at radius 3 is 2.92 bits per heavy atom. The van der Waals surface area contributed by atoms with Crippen LogP contribution in [-0.2, 0) is 17.4 Å². The van der Waals surface area contributed by atoms with Gasteiger partial charge < -0.3 is 9.64 Å². The predicted molar refractivity (Wildman–Crippen MR) is 95.5 cm³/mol. The minimum Gasteiger partial charge on any atom is -0.367 e. The van der Waals surface area contributed by atoms with Gasteiger partial charge in [0.15, 0.2) is 0 Å². The molecule has 3 aromatic rings. The lowest BCUT2D eigenvalue weighted by Gasteiger charge is -2.40. The number of nitrogens with zero attached hydrogens (tertiary/aromatic N) is 4. The number of pyridine rings is 1. The van der Waals surface area contributed by atoms with E-state index in [9.17, 15) is 0 Å². The third-order valence-corrected chi connectivity index (χ3v) is 4.88. The van der Waals surface area contributed by atoms with E-state index in [1.54, 1.807) is 4.68 Å². The quantitative estimate of drug-likeness (QED) is 0.670. The first-order valence-corrected chi connectivity index (χ1v) is 8.36. The van der Waals surface area contributed by atoms with Crippen LogP contribution in [0, 0.1) is 0 Å². The van der Waals surface area contributed by atoms with Crippen LogP contribution in [-0.4, -0.2) is 34.5 Å². The van der Waals surface area contributed by atoms with Crippen molar-refractivity contribution in [1.82, 2.24) is 14.8 Å². The van der Waals surface area contributed by atoms with Crippen molar-refractivity contribution >= 4 is 28.2 Å². The zero-order chi connectivity index (χ0) is 16.7. The van der Waals surface area contributed by atoms with Gasteiger partial charge in [-0.15, -0.1) is 0 Å². The van der Waals surface area contributed by atoms with E-state index in [2.05, 4.69) is 34.0 Å². The zero-order valence-electron chi connectivity index (χ0n) is 13.7. The lowest BCUT2D eigenvalue weighted by molar-refractivity contribution is -0.0468. The highest BCUT2D eigenvalue weighted by Gasteiger charge is 2.35. The first-order chi connectivity index (χ1) is 11.5. The highest BCUT2D eigenvalue weighted by molar-refractivity contribution is 6.34. The van der Waals surface area contributed by atoms with E-state index < -0.39 is 5.60 Å². The van der Waals surface area contributed by atoms with E-state index in [-0.39, 0.29) is 0 Å². The standard InChI is InChI=1S/C18H19ClN4O/c1-18(14-10-20-22(2)11-14)12-23(7-8-24-18)16-9-13-5-3-4-6-15(13)17(19)21-16/h3-6,9-11H,7-8,12H2,1-2H3. The zero-order valence-corrected chi connectivity index (χ0v) is 14.5. The van der Waals surface area contributed by atoms with Crippen molar-refractivity contribution in [2.45, 2.75) is 12.5 Å². The molecule has 0 spiro atoms. The Labute approximate surface area is 145 Å². The minimum absolute atomic E-state index is 0.410. The molecule has 1 aromatic carbocycles. The van der Waals surface area contributed by atoms with Crippen LogP contribution in [0.25, 0.3) is 10.8 Å². The number of hydrogen-bond acceptors (Lipinski definition) is 4. The fourth-order valence-electron chi connectivity index (χ4n) is 3.24. The van der Waals surface area contributed by atoms with Crippen molar-refractivity contribution in [3.05, 3.63) is 53.4 Å². The molecule has 0 N–H and O–H groups in total. The van der Waals surface area contributed by atoms with Crippen LogP contribution < -0.4 is 4.90 Å². The Balaban J connectivity index is 1.69. The Morgan fingerprint density at radius 2 is 2.12 bits per heavy atom. The third kappa shape index (κ3) is 2.64. The molecule has 1 aliphatic rings. The van der Waals surface area contributed by atoms with Gasteiger partial charge in [0, 0.05) is 30.7 Å². The number of benzene rings is 1. The maximum absolute atomic E-state index is 6.39. The van der Waals surface area contributed by atoms with Crippen molar-refractivity contribution in [3.8, 4) is 0 Å². The van der Waals surface area contributed by atoms with Gasteiger partial charge in [-0.1, -0.05) is 35.9 Å². The molecule has 0 saturated carbocycles. The van der Waals surface area contributed by atoms with Gasteiger partial charge in [-0.05, 0) is 18.4 Å². The maximum atomic E-state index is 6.39. The molecule has 0 aliphatic carbocycles. The van der Waals surface area contributed by atoms with Crippen LogP contribution in [0.3, 0.4) is 0 Å². The summed E-state index contributed by atoms with van der Waals surface area (Å²) in [6.45, 7) is 4.23. The maximum Gasteiger partial charge on any atom is 0.139 e. The van der Waals surface area contributed by atoms with Gasteiger partial charge in [-0.3, -0.25) is 4.68 Å². The summed E-state index contributed by atoms with van der Waals surface area (Å²) in [6, 6.07) is 10.1.